The second-order valence-corrected chi connectivity index (χ2v) is 15.7. The van der Waals surface area contributed by atoms with Gasteiger partial charge in [-0.25, -0.2) is 14.8 Å². The van der Waals surface area contributed by atoms with Crippen LogP contribution >= 0.6 is 0 Å². The number of aromatic nitrogens is 4. The van der Waals surface area contributed by atoms with Gasteiger partial charge in [0.05, 0.1) is 12.2 Å². The number of nitrogens with zero attached hydrogens (tertiary/aromatic N) is 6. The Bertz CT molecular complexity index is 1900. The predicted molar refractivity (Wildman–Crippen MR) is 211 cm³/mol. The molecule has 14 heteroatoms. The number of aliphatic hydroxyl groups is 2. The van der Waals surface area contributed by atoms with Crippen LogP contribution in [-0.4, -0.2) is 108 Å². The minimum absolute atomic E-state index is 0. The molecule has 0 radical (unpaired) electrons. The lowest BCUT2D eigenvalue weighted by atomic mass is 10.00. The lowest BCUT2D eigenvalue weighted by Crippen LogP contribution is -3.00. The van der Waals surface area contributed by atoms with Gasteiger partial charge in [0.25, 0.3) is 5.91 Å². The molecule has 8 rings (SSSR count). The van der Waals surface area contributed by atoms with E-state index in [0.29, 0.717) is 37.2 Å². The first kappa shape index (κ1) is 43.5. The van der Waals surface area contributed by atoms with Crippen LogP contribution in [0.2, 0.25) is 0 Å². The summed E-state index contributed by atoms with van der Waals surface area (Å²) in [5, 5.41) is 31.4. The summed E-state index contributed by atoms with van der Waals surface area (Å²) in [5.41, 5.74) is 11.6. The first-order valence-corrected chi connectivity index (χ1v) is 19.8. The minimum Gasteiger partial charge on any atom is -1.00 e. The number of rotatable bonds is 9. The summed E-state index contributed by atoms with van der Waals surface area (Å²) in [6, 6.07) is 17.0. The molecule has 2 aromatic heterocycles. The number of nitrogens with one attached hydrogen (secondary N) is 1. The number of amides is 1. The molecule has 0 aliphatic carbocycles. The van der Waals surface area contributed by atoms with Crippen LogP contribution in [0.5, 0.6) is 0 Å². The average Bonchev–Trinajstić information content (AvgIpc) is 3.82. The van der Waals surface area contributed by atoms with E-state index in [4.69, 9.17) is 10.8 Å². The number of β-amino-alcohol motifs (C(OH)–C–C–N with tert-alkyl or cyclic N) is 2. The van der Waals surface area contributed by atoms with Crippen molar-refractivity contribution in [1.29, 1.82) is 0 Å². The Morgan fingerprint density at radius 2 is 1.21 bits per heavy atom. The van der Waals surface area contributed by atoms with E-state index in [-0.39, 0.29) is 42.1 Å². The van der Waals surface area contributed by atoms with Crippen LogP contribution < -0.4 is 35.0 Å². The molecule has 6 N–H and O–H groups in total. The smallest absolute Gasteiger partial charge is 0.356 e. The first-order chi connectivity index (χ1) is 26.5. The number of carbonyl (C=O) groups is 2. The summed E-state index contributed by atoms with van der Waals surface area (Å²) < 4.78 is 4.03. The lowest BCUT2D eigenvalue weighted by molar-refractivity contribution is -0.0000382. The number of carboxylic acids is 1. The summed E-state index contributed by atoms with van der Waals surface area (Å²) in [6.07, 6.45) is 8.63. The third-order valence-electron chi connectivity index (χ3n) is 11.1. The van der Waals surface area contributed by atoms with Crippen molar-refractivity contribution in [2.75, 3.05) is 39.3 Å². The van der Waals surface area contributed by atoms with Gasteiger partial charge in [-0.3, -0.25) is 14.6 Å². The van der Waals surface area contributed by atoms with Crippen LogP contribution in [0.15, 0.2) is 60.9 Å². The van der Waals surface area contributed by atoms with Crippen LogP contribution in [0.1, 0.15) is 81.6 Å². The number of halogens is 1. The number of carbonyl (C=O) groups excluding carboxylic acids is 1. The van der Waals surface area contributed by atoms with Gasteiger partial charge in [-0.05, 0) is 59.8 Å². The van der Waals surface area contributed by atoms with Crippen LogP contribution in [0.4, 0.5) is 0 Å². The van der Waals surface area contributed by atoms with Crippen molar-refractivity contribution in [3.63, 3.8) is 0 Å². The number of benzene rings is 2. The standard InChI is InChI=1S/C21H28N4O2.C12H18N2O.C9H12N2O2.HI/c1-15-6-9-25-14-19(23-20(25)10-15)21(27)22-11-18(26)13-24-8-7-16-4-2-3-5-17(16)12-24;13-7-12(15)9-14-6-5-10-3-1-2-4-11(10)8-14;1-6-2-3-11-5-7(9(12)13)10-8(11)4-6;/h2-5,14-15,18,26H,6-13H2,1H3,(H,22,27);1-4,12,15H,5-9,13H2;5-6H,2-4H2,1H3,(H,12,13);1H/p-1. The number of hydrogen-bond acceptors (Lipinski definition) is 9. The number of imidazole rings is 2. The van der Waals surface area contributed by atoms with Crippen LogP contribution in [0.25, 0.3) is 0 Å². The molecule has 0 saturated heterocycles. The van der Waals surface area contributed by atoms with E-state index in [0.717, 1.165) is 89.4 Å². The highest BCUT2D eigenvalue weighted by molar-refractivity contribution is 5.92. The molecule has 0 spiro atoms. The molecule has 4 atom stereocenters. The fourth-order valence-corrected chi connectivity index (χ4v) is 7.84. The largest absolute Gasteiger partial charge is 1.00 e. The van der Waals surface area contributed by atoms with Gasteiger partial charge in [0.2, 0.25) is 0 Å². The van der Waals surface area contributed by atoms with Crippen LogP contribution in [0, 0.1) is 11.8 Å². The van der Waals surface area contributed by atoms with Crippen molar-refractivity contribution in [1.82, 2.24) is 34.2 Å². The molecule has 304 valence electrons. The van der Waals surface area contributed by atoms with Crippen LogP contribution in [-0.2, 0) is 51.9 Å². The van der Waals surface area contributed by atoms with Gasteiger partial charge in [0.1, 0.15) is 17.3 Å². The first-order valence-electron chi connectivity index (χ1n) is 19.8. The lowest BCUT2D eigenvalue weighted by Gasteiger charge is -2.30. The fourth-order valence-electron chi connectivity index (χ4n) is 7.84. The molecule has 2 aromatic carbocycles. The van der Waals surface area contributed by atoms with E-state index < -0.39 is 18.2 Å². The van der Waals surface area contributed by atoms with Crippen molar-refractivity contribution in [2.24, 2.45) is 17.6 Å². The Hall–Kier alpha value is -3.67. The maximum absolute atomic E-state index is 12.4. The normalized spacial score (nSPS) is 19.8. The maximum atomic E-state index is 12.4. The van der Waals surface area contributed by atoms with Crippen molar-refractivity contribution in [2.45, 2.75) is 90.8 Å². The van der Waals surface area contributed by atoms with E-state index in [2.05, 4.69) is 92.0 Å². The van der Waals surface area contributed by atoms with E-state index in [1.54, 1.807) is 6.20 Å². The third kappa shape index (κ3) is 11.9. The SMILES string of the molecule is CC1CCn2cc(C(=O)NCC(O)CN3CCc4ccccc4C3)nc2C1.CC1CCn2cc(C(=O)O)nc2C1.NCC(O)CN1CCc2ccccc2C1.[I-]. The number of aromatic carboxylic acids is 1. The van der Waals surface area contributed by atoms with Gasteiger partial charge < -0.3 is 59.5 Å². The molecule has 1 amide bonds. The zero-order valence-corrected chi connectivity index (χ0v) is 34.9. The second-order valence-electron chi connectivity index (χ2n) is 15.7. The number of hydrogen-bond donors (Lipinski definition) is 5. The molecule has 4 unspecified atom stereocenters. The summed E-state index contributed by atoms with van der Waals surface area (Å²) in [5.74, 6) is 2.01. The monoisotopic (exact) mass is 881 g/mol. The quantitative estimate of drug-likeness (QED) is 0.146. The van der Waals surface area contributed by atoms with Gasteiger partial charge in [-0.1, -0.05) is 62.4 Å². The second kappa shape index (κ2) is 20.7. The Labute approximate surface area is 347 Å². The molecule has 0 bridgehead atoms. The van der Waals surface area contributed by atoms with Crippen LogP contribution in [0.3, 0.4) is 0 Å². The predicted octanol–water partition coefficient (Wildman–Crippen LogP) is 0.146. The minimum atomic E-state index is -0.936. The molecule has 6 heterocycles. The van der Waals surface area contributed by atoms with E-state index in [1.807, 2.05) is 10.8 Å². The Balaban J connectivity index is 0.000000175. The Morgan fingerprint density at radius 3 is 1.71 bits per heavy atom. The van der Waals surface area contributed by atoms with Crippen molar-refractivity contribution in [3.05, 3.63) is 106 Å². The summed E-state index contributed by atoms with van der Waals surface area (Å²) in [7, 11) is 0. The van der Waals surface area contributed by atoms with E-state index >= 15 is 0 Å². The fraction of sp³-hybridized carbons (Fsp3) is 0.524. The molecule has 4 aromatic rings. The average molecular weight is 882 g/mol. The highest BCUT2D eigenvalue weighted by atomic mass is 127. The van der Waals surface area contributed by atoms with Gasteiger partial charge in [0.15, 0.2) is 5.69 Å². The highest BCUT2D eigenvalue weighted by Crippen LogP contribution is 2.22. The molecule has 56 heavy (non-hydrogen) atoms. The Morgan fingerprint density at radius 1 is 0.750 bits per heavy atom. The zero-order chi connectivity index (χ0) is 38.9. The molecule has 13 nitrogen and oxygen atoms in total. The summed E-state index contributed by atoms with van der Waals surface area (Å²) >= 11 is 0. The number of aryl methyl sites for hydroxylation is 2. The zero-order valence-electron chi connectivity index (χ0n) is 32.7. The maximum Gasteiger partial charge on any atom is 0.356 e. The van der Waals surface area contributed by atoms with E-state index in [9.17, 15) is 19.8 Å². The summed E-state index contributed by atoms with van der Waals surface area (Å²) in [6.45, 7) is 11.8. The van der Waals surface area contributed by atoms with Crippen molar-refractivity contribution < 1.29 is 48.9 Å². The molecule has 4 aliphatic rings. The van der Waals surface area contributed by atoms with Gasteiger partial charge in [-0.2, -0.15) is 0 Å². The van der Waals surface area contributed by atoms with E-state index in [1.165, 1.54) is 22.3 Å². The number of carboxylic acid groups (broad SMARTS) is 1. The molecular formula is C42H58IN8O5-. The van der Waals surface area contributed by atoms with Crippen molar-refractivity contribution in [3.8, 4) is 0 Å². The highest BCUT2D eigenvalue weighted by Gasteiger charge is 2.23. The molecular weight excluding hydrogens is 823 g/mol. The van der Waals surface area contributed by atoms with Gasteiger partial charge in [-0.15, -0.1) is 0 Å². The number of fused-ring (bicyclic) bond motifs is 4. The van der Waals surface area contributed by atoms with Gasteiger partial charge in [0, 0.05) is 90.7 Å². The van der Waals surface area contributed by atoms with Gasteiger partial charge >= 0.3 is 5.97 Å². The molecule has 4 aliphatic heterocycles. The molecule has 0 saturated carbocycles. The van der Waals surface area contributed by atoms with Crippen molar-refractivity contribution >= 4 is 11.9 Å². The summed E-state index contributed by atoms with van der Waals surface area (Å²) in [4.78, 5) is 36.1. The molecule has 0 fully saturated rings. The Kier molecular flexibility index (Phi) is 16.0. The third-order valence-corrected chi connectivity index (χ3v) is 11.1. The number of nitrogens with two attached hydrogens (primary N) is 1. The topological polar surface area (TPSA) is 175 Å². The number of aliphatic hydroxyl groups excluding tert-OH is 2.